The number of nitrogens with one attached hydrogen (secondary N) is 1. The van der Waals surface area contributed by atoms with Crippen LogP contribution < -0.4 is 5.32 Å². The molecule has 1 aromatic rings. The first-order valence-corrected chi connectivity index (χ1v) is 9.38. The summed E-state index contributed by atoms with van der Waals surface area (Å²) < 4.78 is 10.5. The molecule has 0 radical (unpaired) electrons. The summed E-state index contributed by atoms with van der Waals surface area (Å²) in [6, 6.07) is 3.58. The van der Waals surface area contributed by atoms with E-state index in [2.05, 4.69) is 18.8 Å². The quantitative estimate of drug-likeness (QED) is 0.420. The van der Waals surface area contributed by atoms with Crippen molar-refractivity contribution in [3.05, 3.63) is 30.2 Å². The zero-order chi connectivity index (χ0) is 17.5. The molecule has 1 rings (SSSR count). The first-order chi connectivity index (χ1) is 11.8. The Hall–Kier alpha value is -1.71. The largest absolute Gasteiger partial charge is 0.458 e. The summed E-state index contributed by atoms with van der Waals surface area (Å²) in [7, 11) is 0. The van der Waals surface area contributed by atoms with Gasteiger partial charge in [0.1, 0.15) is 11.5 Å². The van der Waals surface area contributed by atoms with E-state index in [1.165, 1.54) is 51.4 Å². The summed E-state index contributed by atoms with van der Waals surface area (Å²) >= 11 is 0. The Kier molecular flexibility index (Phi) is 11.6. The molecule has 0 aliphatic heterocycles. The zero-order valence-corrected chi connectivity index (χ0v) is 15.1. The van der Waals surface area contributed by atoms with Gasteiger partial charge in [0.2, 0.25) is 0 Å². The number of carbonyl (C=O) groups is 1. The third-order valence-electron chi connectivity index (χ3n) is 4.03. The molecule has 0 fully saturated rings. The topological polar surface area (TPSA) is 51.5 Å². The molecule has 136 valence electrons. The van der Waals surface area contributed by atoms with E-state index in [9.17, 15) is 4.79 Å². The molecule has 0 bridgehead atoms. The van der Waals surface area contributed by atoms with E-state index in [1.54, 1.807) is 18.2 Å². The molecular weight excluding hydrogens is 302 g/mol. The number of furan rings is 1. The summed E-state index contributed by atoms with van der Waals surface area (Å²) in [4.78, 5) is 11.6. The Morgan fingerprint density at radius 2 is 1.71 bits per heavy atom. The van der Waals surface area contributed by atoms with Crippen molar-refractivity contribution >= 4 is 12.2 Å². The number of hydrogen-bond acceptors (Lipinski definition) is 3. The first-order valence-electron chi connectivity index (χ1n) is 9.38. The second-order valence-corrected chi connectivity index (χ2v) is 6.19. The minimum atomic E-state index is -0.387. The molecule has 0 aromatic carbocycles. The van der Waals surface area contributed by atoms with Crippen LogP contribution in [0.15, 0.2) is 23.1 Å². The summed E-state index contributed by atoms with van der Waals surface area (Å²) in [5, 5.41) is 2.78. The average Bonchev–Trinajstić information content (AvgIpc) is 3.06. The van der Waals surface area contributed by atoms with Crippen LogP contribution in [-0.2, 0) is 11.3 Å². The minimum absolute atomic E-state index is 0.151. The SMILES string of the molecule is C=Cc1ccc(COC(=O)NCCCCCCCCCCCC)o1. The van der Waals surface area contributed by atoms with Crippen molar-refractivity contribution < 1.29 is 13.9 Å². The number of ether oxygens (including phenoxy) is 1. The molecule has 0 saturated heterocycles. The second-order valence-electron chi connectivity index (χ2n) is 6.19. The van der Waals surface area contributed by atoms with Gasteiger partial charge in [0.15, 0.2) is 6.61 Å². The number of rotatable bonds is 14. The van der Waals surface area contributed by atoms with Crippen LogP contribution in [0.4, 0.5) is 4.79 Å². The fourth-order valence-corrected chi connectivity index (χ4v) is 2.57. The fourth-order valence-electron chi connectivity index (χ4n) is 2.57. The lowest BCUT2D eigenvalue weighted by Crippen LogP contribution is -2.25. The van der Waals surface area contributed by atoms with Gasteiger partial charge in [-0.05, 0) is 24.6 Å². The van der Waals surface area contributed by atoms with Gasteiger partial charge in [-0.15, -0.1) is 0 Å². The molecule has 0 atom stereocenters. The predicted molar refractivity (Wildman–Crippen MR) is 98.8 cm³/mol. The van der Waals surface area contributed by atoms with E-state index >= 15 is 0 Å². The van der Waals surface area contributed by atoms with E-state index in [0.29, 0.717) is 18.1 Å². The van der Waals surface area contributed by atoms with Crippen LogP contribution in [0.3, 0.4) is 0 Å². The predicted octanol–water partition coefficient (Wildman–Crippen LogP) is 6.07. The number of carbonyl (C=O) groups excluding carboxylic acids is 1. The lowest BCUT2D eigenvalue weighted by molar-refractivity contribution is 0.131. The molecule has 0 aliphatic carbocycles. The van der Waals surface area contributed by atoms with E-state index in [-0.39, 0.29) is 12.7 Å². The molecule has 1 N–H and O–H groups in total. The summed E-state index contributed by atoms with van der Waals surface area (Å²) in [6.45, 7) is 6.69. The van der Waals surface area contributed by atoms with Gasteiger partial charge in [-0.3, -0.25) is 0 Å². The fraction of sp³-hybridized carbons (Fsp3) is 0.650. The summed E-state index contributed by atoms with van der Waals surface area (Å²) in [6.07, 6.45) is 14.1. The third kappa shape index (κ3) is 10.1. The summed E-state index contributed by atoms with van der Waals surface area (Å²) in [5.41, 5.74) is 0. The minimum Gasteiger partial charge on any atom is -0.458 e. The molecule has 1 heterocycles. The monoisotopic (exact) mass is 335 g/mol. The highest BCUT2D eigenvalue weighted by atomic mass is 16.6. The Morgan fingerprint density at radius 1 is 1.08 bits per heavy atom. The highest BCUT2D eigenvalue weighted by molar-refractivity contribution is 5.67. The van der Waals surface area contributed by atoms with Crippen molar-refractivity contribution in [3.63, 3.8) is 0 Å². The van der Waals surface area contributed by atoms with Crippen LogP contribution >= 0.6 is 0 Å². The number of alkyl carbamates (subject to hydrolysis) is 1. The Bertz CT molecular complexity index is 453. The van der Waals surface area contributed by atoms with E-state index < -0.39 is 0 Å². The lowest BCUT2D eigenvalue weighted by Gasteiger charge is -2.06. The van der Waals surface area contributed by atoms with Crippen molar-refractivity contribution in [3.8, 4) is 0 Å². The van der Waals surface area contributed by atoms with Crippen LogP contribution in [0.5, 0.6) is 0 Å². The van der Waals surface area contributed by atoms with Crippen molar-refractivity contribution in [2.75, 3.05) is 6.54 Å². The van der Waals surface area contributed by atoms with E-state index in [4.69, 9.17) is 9.15 Å². The van der Waals surface area contributed by atoms with E-state index in [0.717, 1.165) is 12.8 Å². The van der Waals surface area contributed by atoms with Crippen molar-refractivity contribution in [2.24, 2.45) is 0 Å². The van der Waals surface area contributed by atoms with E-state index in [1.807, 2.05) is 0 Å². The molecule has 0 saturated carbocycles. The molecule has 0 spiro atoms. The van der Waals surface area contributed by atoms with Gasteiger partial charge in [-0.25, -0.2) is 4.79 Å². The summed E-state index contributed by atoms with van der Waals surface area (Å²) in [5.74, 6) is 1.30. The van der Waals surface area contributed by atoms with Crippen LogP contribution in [0.2, 0.25) is 0 Å². The number of unbranched alkanes of at least 4 members (excludes halogenated alkanes) is 9. The Balaban J connectivity index is 1.88. The van der Waals surface area contributed by atoms with Gasteiger partial charge < -0.3 is 14.5 Å². The highest BCUT2D eigenvalue weighted by Crippen LogP contribution is 2.11. The van der Waals surface area contributed by atoms with Gasteiger partial charge in [0.05, 0.1) is 0 Å². The van der Waals surface area contributed by atoms with Crippen LogP contribution in [-0.4, -0.2) is 12.6 Å². The average molecular weight is 335 g/mol. The smallest absolute Gasteiger partial charge is 0.407 e. The van der Waals surface area contributed by atoms with Gasteiger partial charge >= 0.3 is 6.09 Å². The zero-order valence-electron chi connectivity index (χ0n) is 15.1. The maximum Gasteiger partial charge on any atom is 0.407 e. The maximum atomic E-state index is 11.6. The third-order valence-corrected chi connectivity index (χ3v) is 4.03. The maximum absolute atomic E-state index is 11.6. The number of amides is 1. The molecular formula is C20H33NO3. The number of hydrogen-bond donors (Lipinski definition) is 1. The molecule has 0 unspecified atom stereocenters. The van der Waals surface area contributed by atoms with Crippen molar-refractivity contribution in [2.45, 2.75) is 77.7 Å². The van der Waals surface area contributed by atoms with Gasteiger partial charge in [0.25, 0.3) is 0 Å². The molecule has 1 aromatic heterocycles. The Labute approximate surface area is 146 Å². The van der Waals surface area contributed by atoms with Gasteiger partial charge in [0, 0.05) is 6.54 Å². The lowest BCUT2D eigenvalue weighted by atomic mass is 10.1. The molecule has 0 aliphatic rings. The van der Waals surface area contributed by atoms with Crippen LogP contribution in [0, 0.1) is 0 Å². The van der Waals surface area contributed by atoms with Crippen LogP contribution in [0.1, 0.15) is 82.7 Å². The van der Waals surface area contributed by atoms with Crippen molar-refractivity contribution in [1.82, 2.24) is 5.32 Å². The normalized spacial score (nSPS) is 10.5. The molecule has 1 amide bonds. The molecule has 4 nitrogen and oxygen atoms in total. The standard InChI is InChI=1S/C20H33NO3/c1-3-5-6-7-8-9-10-11-12-13-16-21-20(22)23-17-19-15-14-18(4-2)24-19/h4,14-15H,2-3,5-13,16-17H2,1H3,(H,21,22). The van der Waals surface area contributed by atoms with Gasteiger partial charge in [-0.2, -0.15) is 0 Å². The Morgan fingerprint density at radius 3 is 2.29 bits per heavy atom. The van der Waals surface area contributed by atoms with Gasteiger partial charge in [-0.1, -0.05) is 71.3 Å². The first kappa shape index (κ1) is 20.3. The highest BCUT2D eigenvalue weighted by Gasteiger charge is 2.04. The second kappa shape index (κ2) is 13.7. The van der Waals surface area contributed by atoms with Crippen LogP contribution in [0.25, 0.3) is 6.08 Å². The van der Waals surface area contributed by atoms with Crippen molar-refractivity contribution in [1.29, 1.82) is 0 Å². The molecule has 24 heavy (non-hydrogen) atoms. The molecule has 4 heteroatoms.